The number of carbonyl (C=O) groups is 1. The Bertz CT molecular complexity index is 368. The van der Waals surface area contributed by atoms with Gasteiger partial charge in [-0.25, -0.2) is 4.39 Å². The van der Waals surface area contributed by atoms with Gasteiger partial charge in [-0.15, -0.1) is 0 Å². The molecule has 0 amide bonds. The first kappa shape index (κ1) is 18.2. The summed E-state index contributed by atoms with van der Waals surface area (Å²) in [5.74, 6) is -0.412. The van der Waals surface area contributed by atoms with Crippen molar-refractivity contribution in [3.05, 3.63) is 34.1 Å². The molecule has 1 aliphatic heterocycles. The predicted molar refractivity (Wildman–Crippen MR) is 81.2 cm³/mol. The van der Waals surface area contributed by atoms with Gasteiger partial charge in [0.05, 0.1) is 4.47 Å². The summed E-state index contributed by atoms with van der Waals surface area (Å²) >= 11 is 2.97. The molecule has 0 radical (unpaired) electrons. The summed E-state index contributed by atoms with van der Waals surface area (Å²) in [6, 6.07) is 4.22. The van der Waals surface area contributed by atoms with E-state index in [-0.39, 0.29) is 0 Å². The quantitative estimate of drug-likeness (QED) is 0.802. The Hall–Kier alpha value is -0.780. The fourth-order valence-corrected chi connectivity index (χ4v) is 1.61. The van der Waals surface area contributed by atoms with Crippen LogP contribution in [-0.4, -0.2) is 44.4 Å². The average molecular weight is 333 g/mol. The summed E-state index contributed by atoms with van der Waals surface area (Å²) < 4.78 is 12.9. The van der Waals surface area contributed by atoms with Crippen molar-refractivity contribution in [3.63, 3.8) is 0 Å². The van der Waals surface area contributed by atoms with Crippen molar-refractivity contribution in [3.8, 4) is 0 Å². The molecule has 0 unspecified atom stereocenters. The molecule has 1 fully saturated rings. The second kappa shape index (κ2) is 11.1. The lowest BCUT2D eigenvalue weighted by Crippen LogP contribution is -2.40. The average Bonchev–Trinajstić information content (AvgIpc) is 2.46. The number of nitrogens with one attached hydrogen (secondary N) is 1. The first-order valence-corrected chi connectivity index (χ1v) is 7.22. The number of hydrogen-bond acceptors (Lipinski definition) is 3. The maximum atomic E-state index is 12.6. The lowest BCUT2D eigenvalue weighted by atomic mass is 10.2. The van der Waals surface area contributed by atoms with E-state index in [0.717, 1.165) is 13.1 Å². The third-order valence-corrected chi connectivity index (χ3v) is 3.06. The Morgan fingerprint density at radius 1 is 1.32 bits per heavy atom. The molecular formula is C14H22BrFN2O. The molecule has 1 heterocycles. The van der Waals surface area contributed by atoms with Crippen molar-refractivity contribution in [2.75, 3.05) is 33.2 Å². The fourth-order valence-electron chi connectivity index (χ4n) is 1.36. The number of piperazine rings is 1. The van der Waals surface area contributed by atoms with Crippen LogP contribution in [0.1, 0.15) is 24.2 Å². The molecule has 0 spiro atoms. The summed E-state index contributed by atoms with van der Waals surface area (Å²) in [6.07, 6.45) is 0.607. The van der Waals surface area contributed by atoms with E-state index in [2.05, 4.69) is 33.2 Å². The van der Waals surface area contributed by atoms with Crippen molar-refractivity contribution < 1.29 is 9.18 Å². The second-order valence-electron chi connectivity index (χ2n) is 3.84. The first-order valence-electron chi connectivity index (χ1n) is 6.43. The molecule has 3 nitrogen and oxygen atoms in total. The summed E-state index contributed by atoms with van der Waals surface area (Å²) in [6.45, 7) is 8.74. The van der Waals surface area contributed by atoms with E-state index in [1.54, 1.807) is 6.07 Å². The fraction of sp³-hybridized carbons (Fsp3) is 0.500. The number of halogens is 2. The van der Waals surface area contributed by atoms with Crippen LogP contribution in [0.5, 0.6) is 0 Å². The first-order chi connectivity index (χ1) is 9.13. The van der Waals surface area contributed by atoms with E-state index in [4.69, 9.17) is 0 Å². The van der Waals surface area contributed by atoms with Crippen LogP contribution in [0, 0.1) is 5.82 Å². The monoisotopic (exact) mass is 332 g/mol. The Kier molecular flexibility index (Phi) is 10.6. The number of likely N-dealkylation sites (N-methyl/N-ethyl adjacent to an activating group) is 1. The van der Waals surface area contributed by atoms with Crippen LogP contribution in [0.25, 0.3) is 0 Å². The summed E-state index contributed by atoms with van der Waals surface area (Å²) in [4.78, 5) is 12.4. The molecule has 1 aromatic rings. The number of carbonyl (C=O) groups excluding carboxylic acids is 1. The van der Waals surface area contributed by atoms with Crippen LogP contribution in [-0.2, 0) is 0 Å². The molecule has 0 saturated carbocycles. The van der Waals surface area contributed by atoms with Crippen molar-refractivity contribution >= 4 is 22.2 Å². The van der Waals surface area contributed by atoms with Crippen molar-refractivity contribution in [1.82, 2.24) is 10.2 Å². The largest absolute Gasteiger partial charge is 0.314 e. The SMILES string of the molecule is CC.CN1CCNCC1.O=Cc1ccc(Br)c(F)c1. The van der Waals surface area contributed by atoms with Crippen LogP contribution in [0.4, 0.5) is 4.39 Å². The number of aldehydes is 1. The van der Waals surface area contributed by atoms with Crippen LogP contribution >= 0.6 is 15.9 Å². The number of rotatable bonds is 1. The van der Waals surface area contributed by atoms with Gasteiger partial charge in [0.2, 0.25) is 0 Å². The lowest BCUT2D eigenvalue weighted by molar-refractivity contribution is 0.112. The van der Waals surface area contributed by atoms with Gasteiger partial charge in [0.25, 0.3) is 0 Å². The Morgan fingerprint density at radius 2 is 1.89 bits per heavy atom. The Labute approximate surface area is 123 Å². The molecule has 108 valence electrons. The van der Waals surface area contributed by atoms with Gasteiger partial charge in [0, 0.05) is 31.7 Å². The molecule has 1 aromatic carbocycles. The number of hydrogen-bond donors (Lipinski definition) is 1. The molecule has 0 aromatic heterocycles. The van der Waals surface area contributed by atoms with E-state index in [1.807, 2.05) is 13.8 Å². The van der Waals surface area contributed by atoms with Crippen molar-refractivity contribution in [2.24, 2.45) is 0 Å². The molecule has 5 heteroatoms. The minimum Gasteiger partial charge on any atom is -0.314 e. The van der Waals surface area contributed by atoms with Gasteiger partial charge in [0.1, 0.15) is 12.1 Å². The lowest BCUT2D eigenvalue weighted by Gasteiger charge is -2.21. The third kappa shape index (κ3) is 8.08. The highest BCUT2D eigenvalue weighted by Gasteiger charge is 2.01. The molecule has 0 bridgehead atoms. The second-order valence-corrected chi connectivity index (χ2v) is 4.70. The van der Waals surface area contributed by atoms with Crippen LogP contribution in [0.3, 0.4) is 0 Å². The Balaban J connectivity index is 0.000000316. The summed E-state index contributed by atoms with van der Waals surface area (Å²) in [7, 11) is 2.15. The molecule has 0 aliphatic carbocycles. The summed E-state index contributed by atoms with van der Waals surface area (Å²) in [5, 5.41) is 3.27. The van der Waals surface area contributed by atoms with Gasteiger partial charge >= 0.3 is 0 Å². The Morgan fingerprint density at radius 3 is 2.26 bits per heavy atom. The zero-order chi connectivity index (χ0) is 14.7. The van der Waals surface area contributed by atoms with Gasteiger partial charge in [-0.2, -0.15) is 0 Å². The third-order valence-electron chi connectivity index (χ3n) is 2.42. The highest BCUT2D eigenvalue weighted by Crippen LogP contribution is 2.14. The molecule has 0 atom stereocenters. The minimum absolute atomic E-state index is 0.348. The van der Waals surface area contributed by atoms with E-state index in [1.165, 1.54) is 25.2 Å². The molecule has 1 aliphatic rings. The summed E-state index contributed by atoms with van der Waals surface area (Å²) in [5.41, 5.74) is 0.348. The van der Waals surface area contributed by atoms with Crippen molar-refractivity contribution in [1.29, 1.82) is 0 Å². The van der Waals surface area contributed by atoms with Gasteiger partial charge in [-0.3, -0.25) is 4.79 Å². The van der Waals surface area contributed by atoms with E-state index < -0.39 is 5.82 Å². The van der Waals surface area contributed by atoms with Crippen molar-refractivity contribution in [2.45, 2.75) is 13.8 Å². The van der Waals surface area contributed by atoms with Crippen LogP contribution in [0.15, 0.2) is 22.7 Å². The topological polar surface area (TPSA) is 32.3 Å². The standard InChI is InChI=1S/C7H4BrFO.C5H12N2.C2H6/c8-6-2-1-5(4-10)3-7(6)9;1-7-4-2-6-3-5-7;1-2/h1-4H;6H,2-5H2,1H3;1-2H3. The van der Waals surface area contributed by atoms with E-state index in [9.17, 15) is 9.18 Å². The van der Waals surface area contributed by atoms with Gasteiger partial charge in [-0.1, -0.05) is 19.9 Å². The molecule has 1 saturated heterocycles. The maximum absolute atomic E-state index is 12.6. The zero-order valence-corrected chi connectivity index (χ0v) is 13.3. The number of benzene rings is 1. The maximum Gasteiger partial charge on any atom is 0.150 e. The minimum atomic E-state index is -0.412. The van der Waals surface area contributed by atoms with Gasteiger partial charge in [-0.05, 0) is 35.1 Å². The van der Waals surface area contributed by atoms with E-state index in [0.29, 0.717) is 16.3 Å². The van der Waals surface area contributed by atoms with Crippen LogP contribution in [0.2, 0.25) is 0 Å². The smallest absolute Gasteiger partial charge is 0.150 e. The highest BCUT2D eigenvalue weighted by atomic mass is 79.9. The normalized spacial score (nSPS) is 14.6. The van der Waals surface area contributed by atoms with Gasteiger partial charge < -0.3 is 10.2 Å². The predicted octanol–water partition coefficient (Wildman–Crippen LogP) is 2.95. The molecule has 19 heavy (non-hydrogen) atoms. The van der Waals surface area contributed by atoms with Crippen LogP contribution < -0.4 is 5.32 Å². The van der Waals surface area contributed by atoms with E-state index >= 15 is 0 Å². The molecular weight excluding hydrogens is 311 g/mol. The zero-order valence-electron chi connectivity index (χ0n) is 11.7. The van der Waals surface area contributed by atoms with Gasteiger partial charge in [0.15, 0.2) is 0 Å². The molecule has 2 rings (SSSR count). The highest BCUT2D eigenvalue weighted by molar-refractivity contribution is 9.10. The molecule has 1 N–H and O–H groups in total. The number of nitrogens with zero attached hydrogens (tertiary/aromatic N) is 1.